The van der Waals surface area contributed by atoms with Crippen molar-refractivity contribution in [1.29, 1.82) is 0 Å². The van der Waals surface area contributed by atoms with Gasteiger partial charge in [-0.25, -0.2) is 0 Å². The summed E-state index contributed by atoms with van der Waals surface area (Å²) in [6.45, 7) is 0. The Morgan fingerprint density at radius 3 is 1.94 bits per heavy atom. The Morgan fingerprint density at radius 2 is 1.16 bits per heavy atom. The van der Waals surface area contributed by atoms with Crippen molar-refractivity contribution in [3.63, 3.8) is 0 Å². The van der Waals surface area contributed by atoms with Crippen LogP contribution >= 0.6 is 0 Å². The van der Waals surface area contributed by atoms with Crippen molar-refractivity contribution in [3.05, 3.63) is 247 Å². The number of para-hydroxylation sites is 1. The Labute approximate surface area is 364 Å². The van der Waals surface area contributed by atoms with Crippen LogP contribution in [0.2, 0.25) is 0 Å². The van der Waals surface area contributed by atoms with Gasteiger partial charge in [0.1, 0.15) is 0 Å². The van der Waals surface area contributed by atoms with Crippen LogP contribution in [0.25, 0.3) is 60.1 Å². The molecule has 0 heterocycles. The van der Waals surface area contributed by atoms with E-state index in [1.165, 1.54) is 71.3 Å². The normalized spacial score (nSPS) is 14.8. The molecular formula is C60H46N2. The van der Waals surface area contributed by atoms with E-state index in [0.29, 0.717) is 5.92 Å². The molecule has 2 heteroatoms. The first kappa shape index (κ1) is 37.3. The number of fused-ring (bicyclic) bond motifs is 5. The summed E-state index contributed by atoms with van der Waals surface area (Å²) in [5.74, 6) is 0.406. The van der Waals surface area contributed by atoms with Crippen LogP contribution in [0.4, 0.5) is 22.7 Å². The summed E-state index contributed by atoms with van der Waals surface area (Å²) in [6, 6.07) is 71.1. The van der Waals surface area contributed by atoms with E-state index >= 15 is 0 Å². The van der Waals surface area contributed by atoms with Crippen LogP contribution in [0.5, 0.6) is 0 Å². The van der Waals surface area contributed by atoms with Crippen molar-refractivity contribution in [3.8, 4) is 22.3 Å². The third-order valence-corrected chi connectivity index (χ3v) is 12.7. The van der Waals surface area contributed by atoms with Gasteiger partial charge in [-0.1, -0.05) is 176 Å². The first-order valence-corrected chi connectivity index (χ1v) is 21.8. The average Bonchev–Trinajstić information content (AvgIpc) is 3.35. The first-order chi connectivity index (χ1) is 30.7. The van der Waals surface area contributed by atoms with E-state index in [-0.39, 0.29) is 0 Å². The zero-order valence-corrected chi connectivity index (χ0v) is 34.6. The monoisotopic (exact) mass is 794 g/mol. The Morgan fingerprint density at radius 1 is 0.484 bits per heavy atom. The number of hydrogen-bond acceptors (Lipinski definition) is 2. The molecule has 11 rings (SSSR count). The molecular weight excluding hydrogens is 749 g/mol. The van der Waals surface area contributed by atoms with Crippen molar-refractivity contribution in [2.45, 2.75) is 25.2 Å². The van der Waals surface area contributed by atoms with Crippen LogP contribution in [-0.4, -0.2) is 0 Å². The third kappa shape index (κ3) is 7.10. The van der Waals surface area contributed by atoms with Gasteiger partial charge in [-0.15, -0.1) is 0 Å². The van der Waals surface area contributed by atoms with Gasteiger partial charge in [-0.2, -0.15) is 0 Å². The molecule has 9 aromatic rings. The highest BCUT2D eigenvalue weighted by Crippen LogP contribution is 2.43. The zero-order valence-electron chi connectivity index (χ0n) is 34.6. The number of rotatable bonds is 9. The Balaban J connectivity index is 0.918. The first-order valence-electron chi connectivity index (χ1n) is 21.8. The van der Waals surface area contributed by atoms with Crippen LogP contribution in [0.1, 0.15) is 36.3 Å². The average molecular weight is 795 g/mol. The molecule has 0 amide bonds. The molecule has 2 nitrogen and oxygen atoms in total. The number of anilines is 4. The molecule has 296 valence electrons. The lowest BCUT2D eigenvalue weighted by Crippen LogP contribution is -2.11. The molecule has 1 N–H and O–H groups in total. The summed E-state index contributed by atoms with van der Waals surface area (Å²) in [6.07, 6.45) is 16.5. The smallest absolute Gasteiger partial charge is 0.0540 e. The summed E-state index contributed by atoms with van der Waals surface area (Å²) in [5.41, 5.74) is 14.4. The van der Waals surface area contributed by atoms with Gasteiger partial charge in [0.2, 0.25) is 0 Å². The molecule has 0 fully saturated rings. The minimum absolute atomic E-state index is 0.406. The van der Waals surface area contributed by atoms with Gasteiger partial charge in [-0.05, 0) is 140 Å². The molecule has 2 aliphatic carbocycles. The van der Waals surface area contributed by atoms with Gasteiger partial charge in [-0.3, -0.25) is 0 Å². The van der Waals surface area contributed by atoms with E-state index < -0.39 is 0 Å². The van der Waals surface area contributed by atoms with E-state index in [1.807, 2.05) is 0 Å². The molecule has 0 saturated carbocycles. The third-order valence-electron chi connectivity index (χ3n) is 12.7. The van der Waals surface area contributed by atoms with E-state index in [4.69, 9.17) is 0 Å². The molecule has 2 aliphatic rings. The molecule has 1 atom stereocenters. The zero-order chi connectivity index (χ0) is 41.2. The van der Waals surface area contributed by atoms with Crippen molar-refractivity contribution < 1.29 is 0 Å². The number of nitrogens with one attached hydrogen (secondary N) is 1. The highest BCUT2D eigenvalue weighted by Gasteiger charge is 2.20. The fourth-order valence-corrected chi connectivity index (χ4v) is 9.54. The Bertz CT molecular complexity index is 3200. The maximum atomic E-state index is 3.85. The predicted octanol–water partition coefficient (Wildman–Crippen LogP) is 16.7. The number of allylic oxidation sites excluding steroid dienone is 7. The number of nitrogens with zero attached hydrogens (tertiary/aromatic N) is 1. The minimum atomic E-state index is 0.406. The number of benzene rings is 9. The molecule has 1 unspecified atom stereocenters. The highest BCUT2D eigenvalue weighted by atomic mass is 15.1. The summed E-state index contributed by atoms with van der Waals surface area (Å²) in [4.78, 5) is 2.39. The maximum Gasteiger partial charge on any atom is 0.0540 e. The molecule has 0 aliphatic heterocycles. The molecule has 0 saturated heterocycles. The van der Waals surface area contributed by atoms with E-state index in [0.717, 1.165) is 47.7 Å². The fraction of sp³-hybridized carbons (Fsp3) is 0.0667. The molecule has 0 spiro atoms. The van der Waals surface area contributed by atoms with Crippen LogP contribution < -0.4 is 10.2 Å². The SMILES string of the molecule is C1=CCC(c2ccc(N(c3ccc(-c4ccc(NC5=C(c6cc7ccccc7c7ccc8ccccc8c67)CCC=C5)cc4)cc3)c3ccccc3-c3ccccc3)cc2)C=C1. The highest BCUT2D eigenvalue weighted by molar-refractivity contribution is 6.21. The fourth-order valence-electron chi connectivity index (χ4n) is 9.54. The lowest BCUT2D eigenvalue weighted by Gasteiger charge is -2.28. The van der Waals surface area contributed by atoms with Gasteiger partial charge in [0, 0.05) is 34.2 Å². The summed E-state index contributed by atoms with van der Waals surface area (Å²) >= 11 is 0. The van der Waals surface area contributed by atoms with Gasteiger partial charge in [0.25, 0.3) is 0 Å². The van der Waals surface area contributed by atoms with Gasteiger partial charge < -0.3 is 10.2 Å². The lowest BCUT2D eigenvalue weighted by atomic mass is 9.86. The predicted molar refractivity (Wildman–Crippen MR) is 266 cm³/mol. The molecule has 0 bridgehead atoms. The molecule has 9 aromatic carbocycles. The lowest BCUT2D eigenvalue weighted by molar-refractivity contribution is 0.854. The van der Waals surface area contributed by atoms with E-state index in [9.17, 15) is 0 Å². The summed E-state index contributed by atoms with van der Waals surface area (Å²) in [7, 11) is 0. The van der Waals surface area contributed by atoms with Crippen LogP contribution in [-0.2, 0) is 0 Å². The van der Waals surface area contributed by atoms with Gasteiger partial charge >= 0.3 is 0 Å². The van der Waals surface area contributed by atoms with Crippen molar-refractivity contribution in [2.75, 3.05) is 10.2 Å². The minimum Gasteiger partial charge on any atom is -0.355 e. The van der Waals surface area contributed by atoms with Crippen LogP contribution in [0.3, 0.4) is 0 Å². The van der Waals surface area contributed by atoms with Crippen LogP contribution in [0, 0.1) is 0 Å². The topological polar surface area (TPSA) is 15.3 Å². The summed E-state index contributed by atoms with van der Waals surface area (Å²) in [5, 5.41) is 11.6. The number of hydrogen-bond donors (Lipinski definition) is 1. The maximum absolute atomic E-state index is 3.85. The standard InChI is InChI=1S/C60H46N2/c1-3-15-42(16-4-1)44-29-36-50(37-30-44)62(59-26-14-12-22-53(59)46-17-5-2-6-18-46)51-38-31-45(32-39-51)43-27-34-49(35-28-43)61-58-25-13-11-24-55(58)57-41-48-20-8-9-21-52(48)56-40-33-47-19-7-10-23-54(47)60(56)57/h1-10,12-15,17-23,25-42,61H,11,16,24H2. The Hall–Kier alpha value is -7.68. The largest absolute Gasteiger partial charge is 0.355 e. The van der Waals surface area contributed by atoms with Crippen molar-refractivity contribution in [1.82, 2.24) is 0 Å². The molecule has 0 aromatic heterocycles. The van der Waals surface area contributed by atoms with Gasteiger partial charge in [0.05, 0.1) is 5.69 Å². The second kappa shape index (κ2) is 16.4. The molecule has 0 radical (unpaired) electrons. The van der Waals surface area contributed by atoms with Crippen LogP contribution in [0.15, 0.2) is 236 Å². The Kier molecular flexibility index (Phi) is 9.88. The van der Waals surface area contributed by atoms with Crippen molar-refractivity contribution in [2.24, 2.45) is 0 Å². The summed E-state index contributed by atoms with van der Waals surface area (Å²) < 4.78 is 0. The van der Waals surface area contributed by atoms with Gasteiger partial charge in [0.15, 0.2) is 0 Å². The molecule has 62 heavy (non-hydrogen) atoms. The van der Waals surface area contributed by atoms with E-state index in [1.54, 1.807) is 0 Å². The van der Waals surface area contributed by atoms with E-state index in [2.05, 4.69) is 241 Å². The van der Waals surface area contributed by atoms with Crippen molar-refractivity contribution >= 4 is 60.6 Å². The second-order valence-electron chi connectivity index (χ2n) is 16.4. The second-order valence-corrected chi connectivity index (χ2v) is 16.4. The quantitative estimate of drug-likeness (QED) is 0.146.